The van der Waals surface area contributed by atoms with E-state index in [4.69, 9.17) is 11.6 Å². The van der Waals surface area contributed by atoms with Crippen molar-refractivity contribution in [3.8, 4) is 0 Å². The second-order valence-corrected chi connectivity index (χ2v) is 4.91. The highest BCUT2D eigenvalue weighted by molar-refractivity contribution is 6.33. The Hall–Kier alpha value is -2.33. The quantitative estimate of drug-likeness (QED) is 0.682. The Morgan fingerprint density at radius 1 is 1.19 bits per heavy atom. The molecule has 5 heteroatoms. The van der Waals surface area contributed by atoms with E-state index in [0.717, 1.165) is 11.3 Å². The molecule has 108 valence electrons. The van der Waals surface area contributed by atoms with Gasteiger partial charge in [-0.1, -0.05) is 48.0 Å². The van der Waals surface area contributed by atoms with Gasteiger partial charge in [0.2, 0.25) is 0 Å². The fourth-order valence-corrected chi connectivity index (χ4v) is 1.96. The smallest absolute Gasteiger partial charge is 0.259 e. The number of carbonyl (C=O) groups is 1. The number of rotatable bonds is 5. The second-order valence-electron chi connectivity index (χ2n) is 4.51. The summed E-state index contributed by atoms with van der Waals surface area (Å²) in [6, 6.07) is 17.0. The summed E-state index contributed by atoms with van der Waals surface area (Å²) in [6.07, 6.45) is 1.53. The number of hydrogen-bond donors (Lipinski definition) is 1. The summed E-state index contributed by atoms with van der Waals surface area (Å²) in [5.41, 5.74) is 4.22. The first kappa shape index (κ1) is 15.1. The predicted molar refractivity (Wildman–Crippen MR) is 86.9 cm³/mol. The van der Waals surface area contributed by atoms with Gasteiger partial charge in [0.05, 0.1) is 12.8 Å². The third-order valence-electron chi connectivity index (χ3n) is 2.88. The lowest BCUT2D eigenvalue weighted by Gasteiger charge is -2.17. The number of para-hydroxylation sites is 1. The molecule has 0 unspecified atom stereocenters. The van der Waals surface area contributed by atoms with Crippen LogP contribution in [0.25, 0.3) is 0 Å². The van der Waals surface area contributed by atoms with E-state index in [1.165, 1.54) is 6.21 Å². The van der Waals surface area contributed by atoms with Gasteiger partial charge in [0.15, 0.2) is 0 Å². The average Bonchev–Trinajstić information content (AvgIpc) is 2.50. The molecular weight excluding hydrogens is 286 g/mol. The number of halogens is 1. The largest absolute Gasteiger partial charge is 0.365 e. The van der Waals surface area contributed by atoms with Crippen molar-refractivity contribution in [2.24, 2.45) is 5.10 Å². The highest BCUT2D eigenvalue weighted by Gasteiger charge is 2.05. The van der Waals surface area contributed by atoms with E-state index in [1.807, 2.05) is 60.5 Å². The first-order chi connectivity index (χ1) is 10.2. The van der Waals surface area contributed by atoms with Crippen LogP contribution in [0.3, 0.4) is 0 Å². The minimum Gasteiger partial charge on any atom is -0.365 e. The van der Waals surface area contributed by atoms with Gasteiger partial charge in [-0.2, -0.15) is 5.10 Å². The zero-order valence-corrected chi connectivity index (χ0v) is 12.4. The van der Waals surface area contributed by atoms with Gasteiger partial charge in [0.1, 0.15) is 0 Å². The molecule has 0 saturated carbocycles. The van der Waals surface area contributed by atoms with Gasteiger partial charge in [-0.15, -0.1) is 0 Å². The van der Waals surface area contributed by atoms with E-state index >= 15 is 0 Å². The van der Waals surface area contributed by atoms with E-state index < -0.39 is 0 Å². The van der Waals surface area contributed by atoms with Gasteiger partial charge in [-0.05, 0) is 18.2 Å². The van der Waals surface area contributed by atoms with E-state index in [1.54, 1.807) is 6.07 Å². The van der Waals surface area contributed by atoms with E-state index in [2.05, 4.69) is 10.5 Å². The number of anilines is 1. The van der Waals surface area contributed by atoms with Gasteiger partial charge in [0, 0.05) is 23.3 Å². The van der Waals surface area contributed by atoms with E-state index in [0.29, 0.717) is 5.02 Å². The first-order valence-electron chi connectivity index (χ1n) is 6.49. The second kappa shape index (κ2) is 7.45. The minimum atomic E-state index is -0.190. The maximum Gasteiger partial charge on any atom is 0.259 e. The average molecular weight is 302 g/mol. The zero-order valence-electron chi connectivity index (χ0n) is 11.7. The van der Waals surface area contributed by atoms with Gasteiger partial charge < -0.3 is 4.90 Å². The van der Waals surface area contributed by atoms with Crippen LogP contribution in [0.5, 0.6) is 0 Å². The molecule has 0 atom stereocenters. The molecule has 0 radical (unpaired) electrons. The highest BCUT2D eigenvalue weighted by Crippen LogP contribution is 2.12. The van der Waals surface area contributed by atoms with Crippen LogP contribution in [0.2, 0.25) is 5.02 Å². The summed E-state index contributed by atoms with van der Waals surface area (Å²) in [5.74, 6) is -0.190. The van der Waals surface area contributed by atoms with Crippen LogP contribution in [0.1, 0.15) is 5.56 Å². The Kier molecular flexibility index (Phi) is 5.35. The molecule has 0 heterocycles. The number of hydrogen-bond acceptors (Lipinski definition) is 3. The fourth-order valence-electron chi connectivity index (χ4n) is 1.78. The third kappa shape index (κ3) is 4.61. The molecule has 0 aliphatic heterocycles. The van der Waals surface area contributed by atoms with Crippen molar-refractivity contribution in [2.45, 2.75) is 0 Å². The first-order valence-corrected chi connectivity index (χ1v) is 6.87. The van der Waals surface area contributed by atoms with Crippen molar-refractivity contribution < 1.29 is 4.79 Å². The molecule has 0 fully saturated rings. The Morgan fingerprint density at radius 2 is 1.86 bits per heavy atom. The number of nitrogens with one attached hydrogen (secondary N) is 1. The number of benzene rings is 2. The third-order valence-corrected chi connectivity index (χ3v) is 3.22. The maximum absolute atomic E-state index is 11.8. The van der Waals surface area contributed by atoms with Crippen molar-refractivity contribution in [2.75, 3.05) is 18.5 Å². The van der Waals surface area contributed by atoms with E-state index in [-0.39, 0.29) is 12.5 Å². The summed E-state index contributed by atoms with van der Waals surface area (Å²) in [5, 5.41) is 4.51. The van der Waals surface area contributed by atoms with Crippen molar-refractivity contribution in [3.63, 3.8) is 0 Å². The lowest BCUT2D eigenvalue weighted by molar-refractivity contribution is -0.119. The van der Waals surface area contributed by atoms with Crippen LogP contribution in [-0.2, 0) is 4.79 Å². The van der Waals surface area contributed by atoms with Gasteiger partial charge in [-0.25, -0.2) is 5.43 Å². The number of likely N-dealkylation sites (N-methyl/N-ethyl adjacent to an activating group) is 1. The molecule has 0 saturated heterocycles. The van der Waals surface area contributed by atoms with Crippen LogP contribution in [0.15, 0.2) is 59.7 Å². The summed E-state index contributed by atoms with van der Waals surface area (Å²) < 4.78 is 0. The fraction of sp³-hybridized carbons (Fsp3) is 0.125. The predicted octanol–water partition coefficient (Wildman–Crippen LogP) is 2.93. The van der Waals surface area contributed by atoms with Gasteiger partial charge >= 0.3 is 0 Å². The summed E-state index contributed by atoms with van der Waals surface area (Å²) in [7, 11) is 1.85. The monoisotopic (exact) mass is 301 g/mol. The van der Waals surface area contributed by atoms with Crippen molar-refractivity contribution in [1.82, 2.24) is 5.43 Å². The normalized spacial score (nSPS) is 10.6. The molecule has 21 heavy (non-hydrogen) atoms. The molecule has 0 aromatic heterocycles. The molecule has 2 rings (SSSR count). The molecule has 1 N–H and O–H groups in total. The van der Waals surface area contributed by atoms with Crippen molar-refractivity contribution >= 4 is 29.4 Å². The van der Waals surface area contributed by atoms with Crippen molar-refractivity contribution in [1.29, 1.82) is 0 Å². The SMILES string of the molecule is CN(CC(=O)NN=Cc1ccccc1Cl)c1ccccc1. The number of nitrogens with zero attached hydrogens (tertiary/aromatic N) is 2. The summed E-state index contributed by atoms with van der Waals surface area (Å²) >= 11 is 5.99. The van der Waals surface area contributed by atoms with Gasteiger partial charge in [-0.3, -0.25) is 4.79 Å². The Labute approximate surface area is 129 Å². The standard InChI is InChI=1S/C16H16ClN3O/c1-20(14-8-3-2-4-9-14)12-16(21)19-18-11-13-7-5-6-10-15(13)17/h2-11H,12H2,1H3,(H,19,21). The van der Waals surface area contributed by atoms with Gasteiger partial charge in [0.25, 0.3) is 5.91 Å². The molecule has 2 aromatic rings. The molecule has 0 aliphatic carbocycles. The van der Waals surface area contributed by atoms with E-state index in [9.17, 15) is 4.79 Å². The van der Waals surface area contributed by atoms with Crippen LogP contribution in [0.4, 0.5) is 5.69 Å². The Balaban J connectivity index is 1.87. The van der Waals surface area contributed by atoms with Crippen LogP contribution in [0, 0.1) is 0 Å². The lowest BCUT2D eigenvalue weighted by Crippen LogP contribution is -2.32. The van der Waals surface area contributed by atoms with Crippen LogP contribution in [-0.4, -0.2) is 25.7 Å². The minimum absolute atomic E-state index is 0.190. The topological polar surface area (TPSA) is 44.7 Å². The van der Waals surface area contributed by atoms with Crippen LogP contribution < -0.4 is 10.3 Å². The molecule has 4 nitrogen and oxygen atoms in total. The Morgan fingerprint density at radius 3 is 2.57 bits per heavy atom. The van der Waals surface area contributed by atoms with Crippen LogP contribution >= 0.6 is 11.6 Å². The highest BCUT2D eigenvalue weighted by atomic mass is 35.5. The molecule has 0 bridgehead atoms. The lowest BCUT2D eigenvalue weighted by atomic mass is 10.2. The molecule has 2 aromatic carbocycles. The maximum atomic E-state index is 11.8. The number of hydrazone groups is 1. The zero-order chi connectivity index (χ0) is 15.1. The number of carbonyl (C=O) groups excluding carboxylic acids is 1. The Bertz CT molecular complexity index is 628. The molecule has 0 spiro atoms. The van der Waals surface area contributed by atoms with Crippen molar-refractivity contribution in [3.05, 3.63) is 65.2 Å². The molecule has 1 amide bonds. The molecule has 0 aliphatic rings. The number of amides is 1. The molecular formula is C16H16ClN3O. The summed E-state index contributed by atoms with van der Waals surface area (Å²) in [4.78, 5) is 13.6. The summed E-state index contributed by atoms with van der Waals surface area (Å²) in [6.45, 7) is 0.226.